The maximum atomic E-state index is 11.1. The Bertz CT molecular complexity index is 535. The summed E-state index contributed by atoms with van der Waals surface area (Å²) in [4.78, 5) is 10.6. The van der Waals surface area contributed by atoms with E-state index in [9.17, 15) is 10.1 Å². The fourth-order valence-corrected chi connectivity index (χ4v) is 1.82. The molecule has 1 unspecified atom stereocenters. The molecule has 20 heavy (non-hydrogen) atoms. The van der Waals surface area contributed by atoms with Gasteiger partial charge in [-0.25, -0.2) is 0 Å². The van der Waals surface area contributed by atoms with E-state index in [1.54, 1.807) is 19.1 Å². The van der Waals surface area contributed by atoms with Crippen LogP contribution in [0.2, 0.25) is 0 Å². The van der Waals surface area contributed by atoms with Gasteiger partial charge in [0.1, 0.15) is 6.07 Å². The van der Waals surface area contributed by atoms with Gasteiger partial charge in [-0.15, -0.1) is 0 Å². The van der Waals surface area contributed by atoms with Gasteiger partial charge in [0.2, 0.25) is 0 Å². The second-order valence-electron chi connectivity index (χ2n) is 4.86. The Kier molecular flexibility index (Phi) is 4.53. The molecule has 1 aliphatic carbocycles. The lowest BCUT2D eigenvalue weighted by atomic mass is 10.2. The van der Waals surface area contributed by atoms with Crippen LogP contribution < -0.4 is 10.1 Å². The number of nitro benzene ring substituents is 1. The highest BCUT2D eigenvalue weighted by Gasteiger charge is 2.22. The lowest BCUT2D eigenvalue weighted by molar-refractivity contribution is -0.386. The summed E-state index contributed by atoms with van der Waals surface area (Å²) in [6, 6.07) is 7.39. The summed E-state index contributed by atoms with van der Waals surface area (Å²) in [5, 5.41) is 23.3. The number of nitriles is 1. The van der Waals surface area contributed by atoms with Gasteiger partial charge in [0.15, 0.2) is 11.9 Å². The zero-order valence-electron chi connectivity index (χ0n) is 11.3. The standard InChI is InChI=1S/C14H17N3O3/c1-2-12(8-15)20-14-6-3-10(7-13(14)17(18)19)9-16-11-4-5-11/h3,6-7,11-12,16H,2,4-5,9H2,1H3. The zero-order chi connectivity index (χ0) is 14.5. The average Bonchev–Trinajstić information content (AvgIpc) is 3.27. The molecule has 0 spiro atoms. The molecule has 2 rings (SSSR count). The summed E-state index contributed by atoms with van der Waals surface area (Å²) < 4.78 is 5.37. The van der Waals surface area contributed by atoms with Crippen molar-refractivity contribution in [3.8, 4) is 11.8 Å². The Hall–Kier alpha value is -2.13. The van der Waals surface area contributed by atoms with Crippen molar-refractivity contribution in [3.05, 3.63) is 33.9 Å². The predicted molar refractivity (Wildman–Crippen MR) is 73.3 cm³/mol. The monoisotopic (exact) mass is 275 g/mol. The molecule has 1 N–H and O–H groups in total. The molecule has 1 atom stereocenters. The SMILES string of the molecule is CCC(C#N)Oc1ccc(CNC2CC2)cc1[N+](=O)[O-]. The van der Waals surface area contributed by atoms with Crippen LogP contribution in [0.4, 0.5) is 5.69 Å². The topological polar surface area (TPSA) is 88.2 Å². The normalized spacial score (nSPS) is 15.4. The van der Waals surface area contributed by atoms with Gasteiger partial charge in [0, 0.05) is 18.7 Å². The van der Waals surface area contributed by atoms with E-state index in [-0.39, 0.29) is 11.4 Å². The van der Waals surface area contributed by atoms with Crippen molar-refractivity contribution in [2.75, 3.05) is 0 Å². The van der Waals surface area contributed by atoms with Crippen LogP contribution in [0.5, 0.6) is 5.75 Å². The van der Waals surface area contributed by atoms with E-state index in [4.69, 9.17) is 10.00 Å². The van der Waals surface area contributed by atoms with Gasteiger partial charge in [-0.2, -0.15) is 5.26 Å². The lowest BCUT2D eigenvalue weighted by Crippen LogP contribution is -2.16. The summed E-state index contributed by atoms with van der Waals surface area (Å²) in [7, 11) is 0. The third-order valence-corrected chi connectivity index (χ3v) is 3.18. The third kappa shape index (κ3) is 3.68. The van der Waals surface area contributed by atoms with Crippen LogP contribution in [0.3, 0.4) is 0 Å². The van der Waals surface area contributed by atoms with Crippen molar-refractivity contribution in [1.82, 2.24) is 5.32 Å². The molecule has 1 aromatic rings. The molecule has 6 nitrogen and oxygen atoms in total. The minimum Gasteiger partial charge on any atom is -0.468 e. The molecule has 0 heterocycles. The lowest BCUT2D eigenvalue weighted by Gasteiger charge is -2.11. The van der Waals surface area contributed by atoms with Gasteiger partial charge in [0.25, 0.3) is 0 Å². The Morgan fingerprint density at radius 3 is 2.90 bits per heavy atom. The number of nitrogens with one attached hydrogen (secondary N) is 1. The van der Waals surface area contributed by atoms with Crippen molar-refractivity contribution < 1.29 is 9.66 Å². The number of hydrogen-bond donors (Lipinski definition) is 1. The maximum absolute atomic E-state index is 11.1. The van der Waals surface area contributed by atoms with Crippen molar-refractivity contribution >= 4 is 5.69 Å². The van der Waals surface area contributed by atoms with Crippen LogP contribution >= 0.6 is 0 Å². The predicted octanol–water partition coefficient (Wildman–Crippen LogP) is 2.53. The quantitative estimate of drug-likeness (QED) is 0.610. The van der Waals surface area contributed by atoms with E-state index >= 15 is 0 Å². The van der Waals surface area contributed by atoms with Crippen molar-refractivity contribution in [1.29, 1.82) is 5.26 Å². The van der Waals surface area contributed by atoms with E-state index in [0.717, 1.165) is 5.56 Å². The second-order valence-corrected chi connectivity index (χ2v) is 4.86. The molecule has 0 bridgehead atoms. The van der Waals surface area contributed by atoms with Crippen molar-refractivity contribution in [2.45, 2.75) is 44.9 Å². The van der Waals surface area contributed by atoms with E-state index in [1.807, 2.05) is 6.07 Å². The van der Waals surface area contributed by atoms with Crippen LogP contribution in [0.1, 0.15) is 31.7 Å². The summed E-state index contributed by atoms with van der Waals surface area (Å²) in [6.45, 7) is 2.41. The van der Waals surface area contributed by atoms with E-state index in [2.05, 4.69) is 5.32 Å². The number of hydrogen-bond acceptors (Lipinski definition) is 5. The van der Waals surface area contributed by atoms with Gasteiger partial charge in [0.05, 0.1) is 4.92 Å². The van der Waals surface area contributed by atoms with E-state index in [1.165, 1.54) is 18.9 Å². The first kappa shape index (κ1) is 14.3. The van der Waals surface area contributed by atoms with Crippen molar-refractivity contribution in [2.24, 2.45) is 0 Å². The van der Waals surface area contributed by atoms with Crippen LogP contribution in [-0.4, -0.2) is 17.1 Å². The molecule has 0 radical (unpaired) electrons. The third-order valence-electron chi connectivity index (χ3n) is 3.18. The number of nitrogens with zero attached hydrogens (tertiary/aromatic N) is 2. The fourth-order valence-electron chi connectivity index (χ4n) is 1.82. The average molecular weight is 275 g/mol. The highest BCUT2D eigenvalue weighted by atomic mass is 16.6. The summed E-state index contributed by atoms with van der Waals surface area (Å²) >= 11 is 0. The molecule has 1 fully saturated rings. The molecule has 0 saturated heterocycles. The van der Waals surface area contributed by atoms with Gasteiger partial charge < -0.3 is 10.1 Å². The van der Waals surface area contributed by atoms with Crippen LogP contribution in [-0.2, 0) is 6.54 Å². The number of nitro groups is 1. The molecular formula is C14H17N3O3. The molecule has 1 saturated carbocycles. The minimum absolute atomic E-state index is 0.0891. The Morgan fingerprint density at radius 2 is 2.35 bits per heavy atom. The van der Waals surface area contributed by atoms with Gasteiger partial charge >= 0.3 is 5.69 Å². The van der Waals surface area contributed by atoms with Crippen LogP contribution in [0.25, 0.3) is 0 Å². The summed E-state index contributed by atoms with van der Waals surface area (Å²) in [6.07, 6.45) is 2.16. The zero-order valence-corrected chi connectivity index (χ0v) is 11.3. The van der Waals surface area contributed by atoms with Gasteiger partial charge in [-0.3, -0.25) is 10.1 Å². The largest absolute Gasteiger partial charge is 0.468 e. The molecule has 1 aromatic carbocycles. The highest BCUT2D eigenvalue weighted by Crippen LogP contribution is 2.29. The molecule has 106 valence electrons. The molecule has 0 aromatic heterocycles. The van der Waals surface area contributed by atoms with Crippen molar-refractivity contribution in [3.63, 3.8) is 0 Å². The Labute approximate surface area is 117 Å². The molecular weight excluding hydrogens is 258 g/mol. The van der Waals surface area contributed by atoms with Gasteiger partial charge in [-0.05, 0) is 30.9 Å². The number of benzene rings is 1. The minimum atomic E-state index is -0.663. The summed E-state index contributed by atoms with van der Waals surface area (Å²) in [5.41, 5.74) is 0.759. The Balaban J connectivity index is 2.14. The van der Waals surface area contributed by atoms with Gasteiger partial charge in [-0.1, -0.05) is 13.0 Å². The summed E-state index contributed by atoms with van der Waals surface area (Å²) in [5.74, 6) is 0.151. The molecule has 1 aliphatic rings. The van der Waals surface area contributed by atoms with E-state index < -0.39 is 11.0 Å². The molecule has 6 heteroatoms. The number of rotatable bonds is 7. The van der Waals surface area contributed by atoms with Crippen LogP contribution in [0, 0.1) is 21.4 Å². The smallest absolute Gasteiger partial charge is 0.311 e. The Morgan fingerprint density at radius 1 is 1.60 bits per heavy atom. The molecule has 0 aliphatic heterocycles. The molecule has 0 amide bonds. The van der Waals surface area contributed by atoms with E-state index in [0.29, 0.717) is 19.0 Å². The second kappa shape index (κ2) is 6.35. The number of ether oxygens (including phenoxy) is 1. The highest BCUT2D eigenvalue weighted by molar-refractivity contribution is 5.49. The first-order chi connectivity index (χ1) is 9.63. The maximum Gasteiger partial charge on any atom is 0.311 e. The van der Waals surface area contributed by atoms with Crippen LogP contribution in [0.15, 0.2) is 18.2 Å². The first-order valence-electron chi connectivity index (χ1n) is 6.71. The fraction of sp³-hybridized carbons (Fsp3) is 0.500. The first-order valence-corrected chi connectivity index (χ1v) is 6.71.